The molecule has 3 nitrogen and oxygen atoms in total. The van der Waals surface area contributed by atoms with Crippen LogP contribution in [0.1, 0.15) is 0 Å². The summed E-state index contributed by atoms with van der Waals surface area (Å²) < 4.78 is 0. The minimum Gasteiger partial charge on any atom is -0.246 e. The Morgan fingerprint density at radius 2 is 0.417 bits per heavy atom. The molecule has 0 amide bonds. The molecule has 14 rings (SSSR count). The summed E-state index contributed by atoms with van der Waals surface area (Å²) in [7, 11) is 0. The summed E-state index contributed by atoms with van der Waals surface area (Å²) in [5.74, 6) is 0.645. The van der Waals surface area contributed by atoms with Gasteiger partial charge < -0.3 is 0 Å². The third-order valence-corrected chi connectivity index (χ3v) is 15.7. The van der Waals surface area contributed by atoms with Crippen molar-refractivity contribution >= 4 is 0 Å². The van der Waals surface area contributed by atoms with E-state index >= 15 is 0 Å². The topological polar surface area (TPSA) is 38.7 Å². The van der Waals surface area contributed by atoms with Gasteiger partial charge in [-0.15, -0.1) is 0 Å². The maximum Gasteiger partial charge on any atom is 0.160 e. The molecule has 2 aromatic heterocycles. The molecule has 0 radical (unpaired) electrons. The van der Waals surface area contributed by atoms with Crippen LogP contribution in [0.2, 0.25) is 0 Å². The third kappa shape index (κ3) is 10.6. The lowest BCUT2D eigenvalue weighted by atomic mass is 9.82. The largest absolute Gasteiger partial charge is 0.246 e. The van der Waals surface area contributed by atoms with E-state index in [1.165, 1.54) is 0 Å². The van der Waals surface area contributed by atoms with Crippen molar-refractivity contribution < 1.29 is 0 Å². The Hall–Kier alpha value is -11.1. The van der Waals surface area contributed by atoms with Crippen LogP contribution in [-0.2, 0) is 0 Å². The van der Waals surface area contributed by atoms with E-state index in [1.54, 1.807) is 0 Å². The van der Waals surface area contributed by atoms with E-state index in [2.05, 4.69) is 334 Å². The quantitative estimate of drug-likeness (QED) is 0.115. The summed E-state index contributed by atoms with van der Waals surface area (Å²) in [5, 5.41) is 0. The van der Waals surface area contributed by atoms with Crippen molar-refractivity contribution in [1.29, 1.82) is 0 Å². The molecule has 0 aliphatic rings. The zero-order chi connectivity index (χ0) is 56.0. The van der Waals surface area contributed by atoms with Gasteiger partial charge >= 0.3 is 0 Å². The Morgan fingerprint density at radius 1 is 0.143 bits per heavy atom. The number of hydrogen-bond acceptors (Lipinski definition) is 3. The van der Waals surface area contributed by atoms with Crippen LogP contribution >= 0.6 is 0 Å². The number of benzene rings is 12. The molecule has 12 aromatic carbocycles. The molecule has 0 aliphatic carbocycles. The Kier molecular flexibility index (Phi) is 14.1. The fraction of sp³-hybridized carbons (Fsp3) is 0. The molecule has 3 heteroatoms. The molecule has 2 heterocycles. The number of pyridine rings is 1. The normalized spacial score (nSPS) is 11.1. The highest BCUT2D eigenvalue weighted by molar-refractivity contribution is 6.05. The number of aromatic nitrogens is 3. The van der Waals surface area contributed by atoms with Crippen LogP contribution in [0.25, 0.3) is 145 Å². The average Bonchev–Trinajstić information content (AvgIpc) is 2.77. The zero-order valence-electron chi connectivity index (χ0n) is 46.1. The number of rotatable bonds is 13. The fourth-order valence-electron chi connectivity index (χ4n) is 11.5. The van der Waals surface area contributed by atoms with E-state index in [0.29, 0.717) is 5.82 Å². The lowest BCUT2D eigenvalue weighted by Crippen LogP contribution is -2.01. The first kappa shape index (κ1) is 51.0. The second-order valence-corrected chi connectivity index (χ2v) is 21.1. The Labute approximate surface area is 491 Å². The van der Waals surface area contributed by atoms with Crippen molar-refractivity contribution in [2.45, 2.75) is 0 Å². The SMILES string of the molecule is c1ccc(-c2cc(-c3ccccc3)cc(-c3cc(-c4ccc(-c5cccc(-c6c(-c7ccccc7)c(-c7ccccc7)nc(-c7ccccc7)c6-c6ccccc6)c5)cc4)nc(-c4cc(-c5ccccc5)cc(-c5ccccc5)c4)n3)c2)cc1. The molecule has 84 heavy (non-hydrogen) atoms. The van der Waals surface area contributed by atoms with Gasteiger partial charge in [-0.1, -0.05) is 285 Å². The maximum absolute atomic E-state index is 5.68. The van der Waals surface area contributed by atoms with E-state index in [4.69, 9.17) is 15.0 Å². The van der Waals surface area contributed by atoms with Crippen molar-refractivity contribution in [2.75, 3.05) is 0 Å². The van der Waals surface area contributed by atoms with Gasteiger partial charge in [0.2, 0.25) is 0 Å². The van der Waals surface area contributed by atoms with E-state index in [-0.39, 0.29) is 0 Å². The van der Waals surface area contributed by atoms with Gasteiger partial charge in [0.15, 0.2) is 5.82 Å². The predicted molar refractivity (Wildman–Crippen MR) is 350 cm³/mol. The van der Waals surface area contributed by atoms with Crippen molar-refractivity contribution in [3.05, 3.63) is 334 Å². The van der Waals surface area contributed by atoms with Gasteiger partial charge in [-0.05, 0) is 121 Å². The van der Waals surface area contributed by atoms with Gasteiger partial charge in [-0.25, -0.2) is 15.0 Å². The molecule has 394 valence electrons. The highest BCUT2D eigenvalue weighted by atomic mass is 14.9. The Morgan fingerprint density at radius 3 is 0.810 bits per heavy atom. The molecule has 0 saturated heterocycles. The summed E-state index contributed by atoms with van der Waals surface area (Å²) in [4.78, 5) is 16.7. The summed E-state index contributed by atoms with van der Waals surface area (Å²) in [6, 6.07) is 119. The predicted octanol–water partition coefficient (Wildman–Crippen LogP) is 21.5. The van der Waals surface area contributed by atoms with Crippen LogP contribution in [-0.4, -0.2) is 15.0 Å². The van der Waals surface area contributed by atoms with E-state index in [1.807, 2.05) is 0 Å². The summed E-state index contributed by atoms with van der Waals surface area (Å²) in [6.45, 7) is 0. The van der Waals surface area contributed by atoms with Gasteiger partial charge in [0, 0.05) is 44.5 Å². The Balaban J connectivity index is 0.944. The lowest BCUT2D eigenvalue weighted by molar-refractivity contribution is 1.18. The van der Waals surface area contributed by atoms with Crippen molar-refractivity contribution in [3.8, 4) is 145 Å². The molecule has 14 aromatic rings. The fourth-order valence-corrected chi connectivity index (χ4v) is 11.5. The smallest absolute Gasteiger partial charge is 0.160 e. The molecule has 0 spiro atoms. The first-order chi connectivity index (χ1) is 41.6. The average molecular weight is 1070 g/mol. The van der Waals surface area contributed by atoms with Gasteiger partial charge in [-0.3, -0.25) is 0 Å². The minimum atomic E-state index is 0.645. The maximum atomic E-state index is 5.68. The van der Waals surface area contributed by atoms with Crippen molar-refractivity contribution in [1.82, 2.24) is 15.0 Å². The first-order valence-corrected chi connectivity index (χ1v) is 28.6. The second-order valence-electron chi connectivity index (χ2n) is 21.1. The van der Waals surface area contributed by atoms with Gasteiger partial charge in [0.25, 0.3) is 0 Å². The van der Waals surface area contributed by atoms with Crippen LogP contribution in [0, 0.1) is 0 Å². The van der Waals surface area contributed by atoms with Gasteiger partial charge in [-0.2, -0.15) is 0 Å². The first-order valence-electron chi connectivity index (χ1n) is 28.6. The van der Waals surface area contributed by atoms with Crippen LogP contribution in [0.5, 0.6) is 0 Å². The highest BCUT2D eigenvalue weighted by Crippen LogP contribution is 2.49. The molecule has 0 N–H and O–H groups in total. The molecule has 0 bridgehead atoms. The summed E-state index contributed by atoms with van der Waals surface area (Å²) in [5.41, 5.74) is 26.2. The van der Waals surface area contributed by atoms with E-state index < -0.39 is 0 Å². The highest BCUT2D eigenvalue weighted by Gasteiger charge is 2.26. The van der Waals surface area contributed by atoms with Crippen LogP contribution in [0.3, 0.4) is 0 Å². The third-order valence-electron chi connectivity index (χ3n) is 15.7. The zero-order valence-corrected chi connectivity index (χ0v) is 46.1. The molecule has 0 aliphatic heterocycles. The van der Waals surface area contributed by atoms with Crippen molar-refractivity contribution in [3.63, 3.8) is 0 Å². The molecular formula is C81H55N3. The Bertz CT molecular complexity index is 4210. The molecular weight excluding hydrogens is 1010 g/mol. The van der Waals surface area contributed by atoms with E-state index in [0.717, 1.165) is 140 Å². The van der Waals surface area contributed by atoms with E-state index in [9.17, 15) is 0 Å². The lowest BCUT2D eigenvalue weighted by Gasteiger charge is -2.23. The van der Waals surface area contributed by atoms with Gasteiger partial charge in [0.05, 0.1) is 22.8 Å². The number of nitrogens with zero attached hydrogens (tertiary/aromatic N) is 3. The van der Waals surface area contributed by atoms with Crippen molar-refractivity contribution in [2.24, 2.45) is 0 Å². The molecule has 0 unspecified atom stereocenters. The summed E-state index contributed by atoms with van der Waals surface area (Å²) in [6.07, 6.45) is 0. The van der Waals surface area contributed by atoms with Crippen LogP contribution < -0.4 is 0 Å². The standard InChI is InChI=1S/C81H55N3/c1-9-26-56(27-10-1)68-49-69(57-28-11-2-12-29-57)52-72(51-68)75-55-74(82-81(83-75)73-53-70(58-30-13-3-14-31-58)50-71(54-73)59-32-15-4-16-33-59)61-46-44-60(45-47-61)66-42-25-43-67(48-66)76-77(62-34-17-5-18-35-62)79(64-38-21-7-22-39-64)84-80(65-40-23-8-24-41-65)78(76)63-36-19-6-20-37-63/h1-55H. The second kappa shape index (κ2) is 23.2. The van der Waals surface area contributed by atoms with Crippen LogP contribution in [0.4, 0.5) is 0 Å². The number of hydrogen-bond donors (Lipinski definition) is 0. The molecule has 0 saturated carbocycles. The van der Waals surface area contributed by atoms with Crippen LogP contribution in [0.15, 0.2) is 334 Å². The molecule has 0 atom stereocenters. The van der Waals surface area contributed by atoms with Gasteiger partial charge in [0.1, 0.15) is 0 Å². The molecule has 0 fully saturated rings. The minimum absolute atomic E-state index is 0.645. The summed E-state index contributed by atoms with van der Waals surface area (Å²) >= 11 is 0. The monoisotopic (exact) mass is 1070 g/mol.